The lowest BCUT2D eigenvalue weighted by Gasteiger charge is -2.22. The molecular weight excluding hydrogens is 250 g/mol. The van der Waals surface area contributed by atoms with E-state index >= 15 is 0 Å². The second-order valence-corrected chi connectivity index (χ2v) is 5.75. The summed E-state index contributed by atoms with van der Waals surface area (Å²) in [6.45, 7) is 6.54. The lowest BCUT2D eigenvalue weighted by atomic mass is 9.85. The first-order valence-electron chi connectivity index (χ1n) is 6.64. The first-order chi connectivity index (χ1) is 9.45. The molecule has 0 aliphatic rings. The molecule has 0 radical (unpaired) electrons. The van der Waals surface area contributed by atoms with Crippen LogP contribution in [0.25, 0.3) is 11.1 Å². The molecule has 2 aromatic rings. The van der Waals surface area contributed by atoms with Crippen LogP contribution in [0.1, 0.15) is 26.3 Å². The summed E-state index contributed by atoms with van der Waals surface area (Å²) < 4.78 is 10.7. The predicted octanol–water partition coefficient (Wildman–Crippen LogP) is 4.06. The van der Waals surface area contributed by atoms with Gasteiger partial charge >= 0.3 is 0 Å². The molecule has 1 aromatic carbocycles. The van der Waals surface area contributed by atoms with Crippen molar-refractivity contribution in [1.29, 1.82) is 0 Å². The van der Waals surface area contributed by atoms with Gasteiger partial charge in [0.2, 0.25) is 5.88 Å². The van der Waals surface area contributed by atoms with Gasteiger partial charge in [0.05, 0.1) is 14.2 Å². The van der Waals surface area contributed by atoms with E-state index in [1.54, 1.807) is 20.4 Å². The fourth-order valence-corrected chi connectivity index (χ4v) is 2.19. The van der Waals surface area contributed by atoms with Crippen molar-refractivity contribution in [2.24, 2.45) is 0 Å². The van der Waals surface area contributed by atoms with E-state index in [1.165, 1.54) is 5.56 Å². The molecule has 0 saturated carbocycles. The van der Waals surface area contributed by atoms with Gasteiger partial charge in [-0.1, -0.05) is 32.9 Å². The Balaban J connectivity index is 2.48. The zero-order chi connectivity index (χ0) is 14.8. The maximum absolute atomic E-state index is 5.54. The Labute approximate surface area is 120 Å². The van der Waals surface area contributed by atoms with E-state index in [2.05, 4.69) is 44.0 Å². The zero-order valence-corrected chi connectivity index (χ0v) is 12.7. The van der Waals surface area contributed by atoms with Crippen LogP contribution in [0.4, 0.5) is 0 Å². The van der Waals surface area contributed by atoms with Crippen LogP contribution >= 0.6 is 0 Å². The highest BCUT2D eigenvalue weighted by Crippen LogP contribution is 2.35. The third-order valence-corrected chi connectivity index (χ3v) is 3.29. The van der Waals surface area contributed by atoms with Gasteiger partial charge in [-0.15, -0.1) is 0 Å². The van der Waals surface area contributed by atoms with Crippen molar-refractivity contribution in [1.82, 2.24) is 4.98 Å². The maximum atomic E-state index is 5.54. The van der Waals surface area contributed by atoms with Crippen LogP contribution in [-0.4, -0.2) is 19.2 Å². The summed E-state index contributed by atoms with van der Waals surface area (Å²) in [7, 11) is 3.33. The van der Waals surface area contributed by atoms with E-state index in [4.69, 9.17) is 9.47 Å². The average molecular weight is 271 g/mol. The summed E-state index contributed by atoms with van der Waals surface area (Å²) in [5, 5.41) is 0. The van der Waals surface area contributed by atoms with Crippen LogP contribution < -0.4 is 9.47 Å². The van der Waals surface area contributed by atoms with Crippen LogP contribution in [0.3, 0.4) is 0 Å². The van der Waals surface area contributed by atoms with Crippen molar-refractivity contribution in [3.05, 3.63) is 42.1 Å². The van der Waals surface area contributed by atoms with Crippen LogP contribution in [0.15, 0.2) is 36.5 Å². The molecule has 3 nitrogen and oxygen atoms in total. The monoisotopic (exact) mass is 271 g/mol. The van der Waals surface area contributed by atoms with Gasteiger partial charge < -0.3 is 9.47 Å². The molecule has 3 heteroatoms. The summed E-state index contributed by atoms with van der Waals surface area (Å²) in [6, 6.07) is 10.2. The fourth-order valence-electron chi connectivity index (χ4n) is 2.19. The Bertz CT molecular complexity index is 600. The number of benzene rings is 1. The first-order valence-corrected chi connectivity index (χ1v) is 6.64. The van der Waals surface area contributed by atoms with Gasteiger partial charge in [0.1, 0.15) is 5.75 Å². The lowest BCUT2D eigenvalue weighted by Crippen LogP contribution is -2.12. The zero-order valence-electron chi connectivity index (χ0n) is 12.7. The minimum atomic E-state index is 0.0554. The summed E-state index contributed by atoms with van der Waals surface area (Å²) in [6.07, 6.45) is 1.75. The van der Waals surface area contributed by atoms with Gasteiger partial charge in [-0.2, -0.15) is 0 Å². The van der Waals surface area contributed by atoms with Crippen LogP contribution in [0.2, 0.25) is 0 Å². The largest absolute Gasteiger partial charge is 0.496 e. The van der Waals surface area contributed by atoms with E-state index in [1.807, 2.05) is 12.1 Å². The van der Waals surface area contributed by atoms with Gasteiger partial charge in [0.15, 0.2) is 0 Å². The minimum Gasteiger partial charge on any atom is -0.496 e. The molecule has 0 aliphatic carbocycles. The Morgan fingerprint density at radius 2 is 1.60 bits per heavy atom. The molecule has 0 atom stereocenters. The average Bonchev–Trinajstić information content (AvgIpc) is 2.45. The molecule has 1 aromatic heterocycles. The molecule has 0 unspecified atom stereocenters. The third kappa shape index (κ3) is 2.93. The number of ether oxygens (including phenoxy) is 2. The number of methoxy groups -OCH3 is 2. The number of hydrogen-bond acceptors (Lipinski definition) is 3. The molecule has 0 aliphatic heterocycles. The molecule has 0 spiro atoms. The number of pyridine rings is 1. The molecule has 20 heavy (non-hydrogen) atoms. The quantitative estimate of drug-likeness (QED) is 0.843. The van der Waals surface area contributed by atoms with Gasteiger partial charge in [0, 0.05) is 12.3 Å². The van der Waals surface area contributed by atoms with Gasteiger partial charge in [0.25, 0.3) is 0 Å². The predicted molar refractivity (Wildman–Crippen MR) is 81.5 cm³/mol. The lowest BCUT2D eigenvalue weighted by molar-refractivity contribution is 0.397. The molecule has 1 heterocycles. The molecule has 0 fully saturated rings. The van der Waals surface area contributed by atoms with Gasteiger partial charge in [-0.3, -0.25) is 0 Å². The van der Waals surface area contributed by atoms with E-state index in [-0.39, 0.29) is 5.41 Å². The summed E-state index contributed by atoms with van der Waals surface area (Å²) in [5.41, 5.74) is 3.41. The minimum absolute atomic E-state index is 0.0554. The Morgan fingerprint density at radius 3 is 2.20 bits per heavy atom. The Hall–Kier alpha value is -2.03. The van der Waals surface area contributed by atoms with Crippen molar-refractivity contribution >= 4 is 0 Å². The number of rotatable bonds is 3. The van der Waals surface area contributed by atoms with E-state index in [0.717, 1.165) is 16.9 Å². The summed E-state index contributed by atoms with van der Waals surface area (Å²) in [5.74, 6) is 1.52. The van der Waals surface area contributed by atoms with Crippen LogP contribution in [0.5, 0.6) is 11.6 Å². The van der Waals surface area contributed by atoms with E-state index in [0.29, 0.717) is 5.88 Å². The highest BCUT2D eigenvalue weighted by molar-refractivity contribution is 5.67. The standard InChI is InChI=1S/C17H21NO2/c1-17(2,3)14-7-6-12(10-15(14)19-4)13-8-9-18-16(11-13)20-5/h6-11H,1-5H3. The molecule has 106 valence electrons. The SMILES string of the molecule is COc1cc(-c2ccc(C(C)(C)C)c(OC)c2)ccn1. The fraction of sp³-hybridized carbons (Fsp3) is 0.353. The Kier molecular flexibility index (Phi) is 3.98. The van der Waals surface area contributed by atoms with Crippen molar-refractivity contribution in [2.45, 2.75) is 26.2 Å². The van der Waals surface area contributed by atoms with Gasteiger partial charge in [-0.25, -0.2) is 4.98 Å². The van der Waals surface area contributed by atoms with Crippen LogP contribution in [0, 0.1) is 0 Å². The second kappa shape index (κ2) is 5.53. The first kappa shape index (κ1) is 14.4. The van der Waals surface area contributed by atoms with Gasteiger partial charge in [-0.05, 0) is 34.2 Å². The van der Waals surface area contributed by atoms with E-state index < -0.39 is 0 Å². The summed E-state index contributed by atoms with van der Waals surface area (Å²) >= 11 is 0. The van der Waals surface area contributed by atoms with Crippen molar-refractivity contribution in [3.63, 3.8) is 0 Å². The van der Waals surface area contributed by atoms with Crippen molar-refractivity contribution in [3.8, 4) is 22.8 Å². The number of nitrogens with zero attached hydrogens (tertiary/aromatic N) is 1. The molecule has 2 rings (SSSR count). The highest BCUT2D eigenvalue weighted by atomic mass is 16.5. The maximum Gasteiger partial charge on any atom is 0.213 e. The Morgan fingerprint density at radius 1 is 0.900 bits per heavy atom. The molecule has 0 amide bonds. The molecular formula is C17H21NO2. The molecule has 0 N–H and O–H groups in total. The summed E-state index contributed by atoms with van der Waals surface area (Å²) in [4.78, 5) is 4.13. The topological polar surface area (TPSA) is 31.4 Å². The highest BCUT2D eigenvalue weighted by Gasteiger charge is 2.19. The third-order valence-electron chi connectivity index (χ3n) is 3.29. The molecule has 0 bridgehead atoms. The number of aromatic nitrogens is 1. The normalized spacial score (nSPS) is 11.2. The van der Waals surface area contributed by atoms with Crippen LogP contribution in [-0.2, 0) is 5.41 Å². The number of hydrogen-bond donors (Lipinski definition) is 0. The van der Waals surface area contributed by atoms with Crippen molar-refractivity contribution < 1.29 is 9.47 Å². The smallest absolute Gasteiger partial charge is 0.213 e. The van der Waals surface area contributed by atoms with Crippen molar-refractivity contribution in [2.75, 3.05) is 14.2 Å². The second-order valence-electron chi connectivity index (χ2n) is 5.75. The molecule has 0 saturated heterocycles. The van der Waals surface area contributed by atoms with E-state index in [9.17, 15) is 0 Å².